The van der Waals surface area contributed by atoms with E-state index in [9.17, 15) is 8.78 Å². The smallest absolute Gasteiger partial charge is 0.123 e. The summed E-state index contributed by atoms with van der Waals surface area (Å²) in [6.45, 7) is 4.73. The molecule has 2 aromatic heterocycles. The zero-order valence-corrected chi connectivity index (χ0v) is 40.8. The largest absolute Gasteiger partial charge is 0.310 e. The van der Waals surface area contributed by atoms with Crippen molar-refractivity contribution in [3.8, 4) is 44.5 Å². The molecule has 0 amide bonds. The van der Waals surface area contributed by atoms with Gasteiger partial charge in [-0.1, -0.05) is 153 Å². The number of benzene rings is 11. The van der Waals surface area contributed by atoms with Crippen molar-refractivity contribution in [2.24, 2.45) is 0 Å². The Hall–Kier alpha value is -9.32. The normalized spacial score (nSPS) is 12.7. The Morgan fingerprint density at radius 2 is 0.743 bits per heavy atom. The molecule has 0 aliphatic heterocycles. The van der Waals surface area contributed by atoms with Crippen LogP contribution in [0.4, 0.5) is 42.9 Å². The summed E-state index contributed by atoms with van der Waals surface area (Å²) in [6.07, 6.45) is 0. The molecular weight excluding hydrogens is 909 g/mol. The molecule has 74 heavy (non-hydrogen) atoms. The Balaban J connectivity index is 0.983. The average molecular weight is 956 g/mol. The summed E-state index contributed by atoms with van der Waals surface area (Å²) in [5.74, 6) is -0.554. The molecule has 0 spiro atoms. The molecule has 3 nitrogen and oxygen atoms in total. The number of hydrogen-bond acceptors (Lipinski definition) is 2. The van der Waals surface area contributed by atoms with Gasteiger partial charge in [-0.2, -0.15) is 0 Å². The monoisotopic (exact) mass is 955 g/mol. The first-order valence-electron chi connectivity index (χ1n) is 25.2. The van der Waals surface area contributed by atoms with E-state index in [0.717, 1.165) is 78.2 Å². The van der Waals surface area contributed by atoms with Crippen LogP contribution < -0.4 is 9.80 Å². The molecule has 14 rings (SSSR count). The van der Waals surface area contributed by atoms with Crippen LogP contribution in [0, 0.1) is 11.6 Å². The van der Waals surface area contributed by atoms with E-state index in [2.05, 4.69) is 216 Å². The van der Waals surface area contributed by atoms with Crippen molar-refractivity contribution in [3.05, 3.63) is 272 Å². The molecule has 0 fully saturated rings. The van der Waals surface area contributed by atoms with Gasteiger partial charge in [0, 0.05) is 72.3 Å². The van der Waals surface area contributed by atoms with Crippen molar-refractivity contribution in [1.82, 2.24) is 4.40 Å². The third-order valence-corrected chi connectivity index (χ3v) is 15.3. The van der Waals surface area contributed by atoms with E-state index >= 15 is 0 Å². The van der Waals surface area contributed by atoms with Crippen molar-refractivity contribution in [3.63, 3.8) is 0 Å². The minimum atomic E-state index is -0.461. The number of fused-ring (bicyclic) bond motifs is 10. The molecular formula is C69H47F2N3. The van der Waals surface area contributed by atoms with Crippen LogP contribution in [0.2, 0.25) is 0 Å². The van der Waals surface area contributed by atoms with Gasteiger partial charge in [-0.15, -0.1) is 0 Å². The van der Waals surface area contributed by atoms with Gasteiger partial charge in [-0.25, -0.2) is 8.78 Å². The van der Waals surface area contributed by atoms with Gasteiger partial charge in [0.1, 0.15) is 11.6 Å². The fourth-order valence-corrected chi connectivity index (χ4v) is 11.9. The summed E-state index contributed by atoms with van der Waals surface area (Å²) in [5, 5.41) is 5.86. The van der Waals surface area contributed by atoms with E-state index in [-0.39, 0.29) is 11.6 Å². The Morgan fingerprint density at radius 3 is 1.27 bits per heavy atom. The lowest BCUT2D eigenvalue weighted by atomic mass is 9.85. The lowest BCUT2D eigenvalue weighted by Crippen LogP contribution is -2.19. The second kappa shape index (κ2) is 16.9. The molecule has 0 radical (unpaired) electrons. The molecule has 0 saturated heterocycles. The summed E-state index contributed by atoms with van der Waals surface area (Å²) in [6, 6.07) is 85.3. The second-order valence-electron chi connectivity index (χ2n) is 20.0. The third kappa shape index (κ3) is 6.92. The maximum absolute atomic E-state index is 14.6. The Bertz CT molecular complexity index is 4240. The predicted octanol–water partition coefficient (Wildman–Crippen LogP) is 19.4. The molecule has 1 aliphatic carbocycles. The van der Waals surface area contributed by atoms with E-state index in [1.54, 1.807) is 0 Å². The molecule has 5 heteroatoms. The summed E-state index contributed by atoms with van der Waals surface area (Å²) < 4.78 is 31.8. The van der Waals surface area contributed by atoms with Crippen LogP contribution >= 0.6 is 0 Å². The highest BCUT2D eigenvalue weighted by molar-refractivity contribution is 6.26. The predicted molar refractivity (Wildman–Crippen MR) is 304 cm³/mol. The van der Waals surface area contributed by atoms with Gasteiger partial charge in [0.05, 0.1) is 11.0 Å². The first-order valence-corrected chi connectivity index (χ1v) is 25.2. The van der Waals surface area contributed by atoms with Crippen molar-refractivity contribution in [2.45, 2.75) is 19.3 Å². The zero-order valence-electron chi connectivity index (χ0n) is 40.8. The van der Waals surface area contributed by atoms with Crippen molar-refractivity contribution in [2.75, 3.05) is 9.80 Å². The number of nitrogens with zero attached hydrogens (tertiary/aromatic N) is 3. The van der Waals surface area contributed by atoms with Crippen LogP contribution in [0.15, 0.2) is 249 Å². The van der Waals surface area contributed by atoms with Crippen LogP contribution in [0.3, 0.4) is 0 Å². The van der Waals surface area contributed by atoms with Gasteiger partial charge in [-0.05, 0) is 159 Å². The lowest BCUT2D eigenvalue weighted by molar-refractivity contribution is 0.627. The van der Waals surface area contributed by atoms with Gasteiger partial charge in [0.2, 0.25) is 0 Å². The van der Waals surface area contributed by atoms with E-state index in [0.29, 0.717) is 0 Å². The average Bonchev–Trinajstić information content (AvgIpc) is 4.16. The van der Waals surface area contributed by atoms with Crippen molar-refractivity contribution < 1.29 is 8.78 Å². The van der Waals surface area contributed by atoms with E-state index in [1.807, 2.05) is 36.4 Å². The standard InChI is InChI=1S/C69H47F2N3/c1-69(2)64-43-58(73(56-35-26-52(71)27-36-56)54-30-20-48(21-31-54)45-14-8-4-9-15-45)37-39-60(64)65-63-41-50(46-16-10-5-11-17-46)40-62-59-38-23-49-22-32-57(42-61(49)66(59)74(67(62)63)68(65)69)72(55-33-24-51(70)25-34-55)53-28-18-47(19-29-53)44-12-6-3-7-13-44/h3-43H,1-2H3. The number of rotatable bonds is 9. The molecule has 13 aromatic rings. The molecule has 352 valence electrons. The Labute approximate surface area is 428 Å². The fourth-order valence-electron chi connectivity index (χ4n) is 11.9. The first-order chi connectivity index (χ1) is 36.3. The number of halogens is 2. The van der Waals surface area contributed by atoms with Crippen LogP contribution in [-0.4, -0.2) is 4.40 Å². The molecule has 0 N–H and O–H groups in total. The van der Waals surface area contributed by atoms with Crippen molar-refractivity contribution >= 4 is 72.1 Å². The highest BCUT2D eigenvalue weighted by Crippen LogP contribution is 2.57. The molecule has 0 bridgehead atoms. The Morgan fingerprint density at radius 1 is 0.338 bits per heavy atom. The van der Waals surface area contributed by atoms with Gasteiger partial charge in [-0.3, -0.25) is 0 Å². The maximum Gasteiger partial charge on any atom is 0.123 e. The second-order valence-corrected chi connectivity index (χ2v) is 20.0. The zero-order chi connectivity index (χ0) is 49.7. The molecule has 0 unspecified atom stereocenters. The molecule has 11 aromatic carbocycles. The first kappa shape index (κ1) is 43.5. The minimum Gasteiger partial charge on any atom is -0.310 e. The molecule has 1 aliphatic rings. The van der Waals surface area contributed by atoms with E-state index < -0.39 is 5.41 Å². The summed E-state index contributed by atoms with van der Waals surface area (Å²) in [4.78, 5) is 4.46. The Kier molecular flexibility index (Phi) is 9.93. The van der Waals surface area contributed by atoms with E-state index in [4.69, 9.17) is 0 Å². The van der Waals surface area contributed by atoms with Crippen molar-refractivity contribution in [1.29, 1.82) is 0 Å². The SMILES string of the molecule is CC1(C)c2cc(N(c3ccc(F)cc3)c3ccc(-c4ccccc4)cc3)ccc2-c2c1n1c3c2cc(-c2ccccc2)cc3c2ccc3ccc(N(c4ccc(F)cc4)c4ccc(-c5ccccc5)cc4)cc3c21. The highest BCUT2D eigenvalue weighted by Gasteiger charge is 2.42. The number of aromatic nitrogens is 1. The number of hydrogen-bond donors (Lipinski definition) is 0. The highest BCUT2D eigenvalue weighted by atomic mass is 19.1. The van der Waals surface area contributed by atoms with E-state index in [1.165, 1.54) is 73.9 Å². The third-order valence-electron chi connectivity index (χ3n) is 15.3. The lowest BCUT2D eigenvalue weighted by Gasteiger charge is -2.28. The molecule has 0 saturated carbocycles. The fraction of sp³-hybridized carbons (Fsp3) is 0.0435. The molecule has 0 atom stereocenters. The summed E-state index contributed by atoms with van der Waals surface area (Å²) in [7, 11) is 0. The molecule has 2 heterocycles. The van der Waals surface area contributed by atoms with Crippen LogP contribution in [0.1, 0.15) is 25.1 Å². The summed E-state index contributed by atoms with van der Waals surface area (Å²) >= 11 is 0. The minimum absolute atomic E-state index is 0.275. The van der Waals surface area contributed by atoms with Gasteiger partial charge in [0.15, 0.2) is 0 Å². The quantitative estimate of drug-likeness (QED) is 0.143. The maximum atomic E-state index is 14.6. The van der Waals surface area contributed by atoms with Gasteiger partial charge < -0.3 is 14.2 Å². The van der Waals surface area contributed by atoms with Crippen LogP contribution in [0.5, 0.6) is 0 Å². The van der Waals surface area contributed by atoms with Gasteiger partial charge >= 0.3 is 0 Å². The summed E-state index contributed by atoms with van der Waals surface area (Å²) in [5.41, 5.74) is 19.4. The van der Waals surface area contributed by atoms with Gasteiger partial charge in [0.25, 0.3) is 0 Å². The number of anilines is 6. The van der Waals surface area contributed by atoms with Crippen LogP contribution in [0.25, 0.3) is 82.5 Å². The topological polar surface area (TPSA) is 10.9 Å². The van der Waals surface area contributed by atoms with Crippen LogP contribution in [-0.2, 0) is 5.41 Å².